The van der Waals surface area contributed by atoms with Gasteiger partial charge in [-0.3, -0.25) is 9.78 Å². The van der Waals surface area contributed by atoms with E-state index in [2.05, 4.69) is 11.1 Å². The van der Waals surface area contributed by atoms with Gasteiger partial charge in [0.05, 0.1) is 18.1 Å². The number of carboxylic acid groups (broad SMARTS) is 1. The van der Waals surface area contributed by atoms with E-state index in [1.165, 1.54) is 11.8 Å². The van der Waals surface area contributed by atoms with Gasteiger partial charge < -0.3 is 5.11 Å². The Morgan fingerprint density at radius 2 is 1.85 bits per heavy atom. The third kappa shape index (κ3) is 4.41. The Morgan fingerprint density at radius 3 is 2.54 bits per heavy atom. The van der Waals surface area contributed by atoms with Crippen LogP contribution in [-0.4, -0.2) is 21.8 Å². The summed E-state index contributed by atoms with van der Waals surface area (Å²) in [5, 5.41) is 20.0. The van der Waals surface area contributed by atoms with Gasteiger partial charge in [0.25, 0.3) is 0 Å². The molecule has 0 atom stereocenters. The fourth-order valence-corrected chi connectivity index (χ4v) is 3.56. The lowest BCUT2D eigenvalue weighted by atomic mass is 9.96. The average Bonchev–Trinajstić information content (AvgIpc) is 2.69. The molecule has 2 aromatic carbocycles. The second-order valence-electron chi connectivity index (χ2n) is 5.18. The minimum Gasteiger partial charge on any atom is -0.481 e. The van der Waals surface area contributed by atoms with E-state index in [0.29, 0.717) is 11.3 Å². The number of nitriles is 1. The fraction of sp³-hybridized carbons (Fsp3) is 0.190. The van der Waals surface area contributed by atoms with Crippen molar-refractivity contribution in [2.45, 2.75) is 25.2 Å². The van der Waals surface area contributed by atoms with Crippen molar-refractivity contribution < 1.29 is 9.90 Å². The number of benzene rings is 2. The molecule has 0 bridgehead atoms. The highest BCUT2D eigenvalue weighted by Gasteiger charge is 2.12. The van der Waals surface area contributed by atoms with Gasteiger partial charge in [-0.2, -0.15) is 5.26 Å². The highest BCUT2D eigenvalue weighted by atomic mass is 32.2. The van der Waals surface area contributed by atoms with Gasteiger partial charge in [-0.25, -0.2) is 0 Å². The third-order valence-electron chi connectivity index (χ3n) is 3.69. The molecular weight excluding hydrogens is 344 g/mol. The molecule has 4 nitrogen and oxygen atoms in total. The molecule has 0 aliphatic rings. The summed E-state index contributed by atoms with van der Waals surface area (Å²) in [6, 6.07) is 15.7. The van der Waals surface area contributed by atoms with Crippen LogP contribution < -0.4 is 0 Å². The van der Waals surface area contributed by atoms with Crippen molar-refractivity contribution in [1.82, 2.24) is 4.98 Å². The van der Waals surface area contributed by atoms with Gasteiger partial charge in [-0.15, -0.1) is 11.8 Å². The number of carbonyl (C=O) groups is 1. The summed E-state index contributed by atoms with van der Waals surface area (Å²) in [5.41, 5.74) is 2.59. The smallest absolute Gasteiger partial charge is 0.304 e. The minimum atomic E-state index is -0.804. The van der Waals surface area contributed by atoms with Gasteiger partial charge in [0.1, 0.15) is 0 Å². The zero-order chi connectivity index (χ0) is 18.9. The van der Waals surface area contributed by atoms with E-state index in [0.717, 1.165) is 26.8 Å². The molecule has 0 unspecified atom stereocenters. The van der Waals surface area contributed by atoms with E-state index >= 15 is 0 Å². The van der Waals surface area contributed by atoms with Crippen molar-refractivity contribution in [2.24, 2.45) is 0 Å². The molecule has 3 rings (SSSR count). The number of hydrogen-bond acceptors (Lipinski definition) is 4. The normalized spacial score (nSPS) is 9.88. The molecule has 0 saturated carbocycles. The standard InChI is InChI=1S/C19H14N2O2S.C2H6/c20-11-13-5-6-16(15-4-2-1-3-14(13)15)17-12-21-9-7-18(17)24-10-8-19(22)23;1-2/h1-7,9,12H,8,10H2,(H,22,23);1-2H3. The monoisotopic (exact) mass is 364 g/mol. The van der Waals surface area contributed by atoms with Crippen LogP contribution in [0.1, 0.15) is 25.8 Å². The molecule has 0 aliphatic carbocycles. The zero-order valence-corrected chi connectivity index (χ0v) is 15.6. The number of aromatic nitrogens is 1. The predicted molar refractivity (Wildman–Crippen MR) is 106 cm³/mol. The summed E-state index contributed by atoms with van der Waals surface area (Å²) in [4.78, 5) is 15.9. The number of aliphatic carboxylic acids is 1. The van der Waals surface area contributed by atoms with Crippen LogP contribution in [0, 0.1) is 11.3 Å². The first-order valence-electron chi connectivity index (χ1n) is 8.41. The summed E-state index contributed by atoms with van der Waals surface area (Å²) in [6.45, 7) is 4.00. The Labute approximate surface area is 157 Å². The van der Waals surface area contributed by atoms with Gasteiger partial charge in [-0.05, 0) is 23.1 Å². The number of rotatable bonds is 5. The Balaban J connectivity index is 0.00000117. The molecule has 1 N–H and O–H groups in total. The molecule has 132 valence electrons. The molecule has 0 amide bonds. The number of hydrogen-bond donors (Lipinski definition) is 1. The van der Waals surface area contributed by atoms with Crippen LogP contribution in [0.15, 0.2) is 59.8 Å². The number of fused-ring (bicyclic) bond motifs is 1. The summed E-state index contributed by atoms with van der Waals surface area (Å²) < 4.78 is 0. The molecule has 0 fully saturated rings. The third-order valence-corrected chi connectivity index (χ3v) is 4.76. The van der Waals surface area contributed by atoms with Crippen molar-refractivity contribution in [1.29, 1.82) is 5.26 Å². The number of pyridine rings is 1. The maximum absolute atomic E-state index is 10.7. The first-order chi connectivity index (χ1) is 12.7. The van der Waals surface area contributed by atoms with Crippen LogP contribution in [0.2, 0.25) is 0 Å². The van der Waals surface area contributed by atoms with Crippen molar-refractivity contribution in [3.05, 3.63) is 60.4 Å². The van der Waals surface area contributed by atoms with Crippen LogP contribution in [0.5, 0.6) is 0 Å². The van der Waals surface area contributed by atoms with Gasteiger partial charge in [-0.1, -0.05) is 44.2 Å². The van der Waals surface area contributed by atoms with E-state index < -0.39 is 5.97 Å². The van der Waals surface area contributed by atoms with Crippen LogP contribution in [-0.2, 0) is 4.79 Å². The lowest BCUT2D eigenvalue weighted by Crippen LogP contribution is -1.96. The molecule has 0 radical (unpaired) electrons. The maximum atomic E-state index is 10.7. The molecule has 5 heteroatoms. The Bertz CT molecular complexity index is 948. The minimum absolute atomic E-state index is 0.112. The first kappa shape index (κ1) is 19.5. The molecule has 0 saturated heterocycles. The van der Waals surface area contributed by atoms with Crippen molar-refractivity contribution >= 4 is 28.5 Å². The topological polar surface area (TPSA) is 74.0 Å². The quantitative estimate of drug-likeness (QED) is 0.616. The summed E-state index contributed by atoms with van der Waals surface area (Å²) in [7, 11) is 0. The SMILES string of the molecule is CC.N#Cc1ccc(-c2cnccc2SCCC(=O)O)c2ccccc12. The summed E-state index contributed by atoms with van der Waals surface area (Å²) in [6.07, 6.45) is 3.61. The largest absolute Gasteiger partial charge is 0.481 e. The van der Waals surface area contributed by atoms with E-state index in [9.17, 15) is 10.1 Å². The van der Waals surface area contributed by atoms with Crippen molar-refractivity contribution in [2.75, 3.05) is 5.75 Å². The second kappa shape index (κ2) is 9.59. The number of nitrogens with zero attached hydrogens (tertiary/aromatic N) is 2. The maximum Gasteiger partial charge on any atom is 0.304 e. The van der Waals surface area contributed by atoms with E-state index in [4.69, 9.17) is 5.11 Å². The van der Waals surface area contributed by atoms with Gasteiger partial charge >= 0.3 is 5.97 Å². The molecule has 0 spiro atoms. The summed E-state index contributed by atoms with van der Waals surface area (Å²) >= 11 is 1.50. The van der Waals surface area contributed by atoms with Crippen molar-refractivity contribution in [3.8, 4) is 17.2 Å². The number of thioether (sulfide) groups is 1. The average molecular weight is 364 g/mol. The first-order valence-corrected chi connectivity index (χ1v) is 9.40. The van der Waals surface area contributed by atoms with E-state index in [-0.39, 0.29) is 6.42 Å². The molecule has 1 aromatic heterocycles. The zero-order valence-electron chi connectivity index (χ0n) is 14.8. The molecule has 26 heavy (non-hydrogen) atoms. The van der Waals surface area contributed by atoms with Crippen LogP contribution >= 0.6 is 11.8 Å². The predicted octanol–water partition coefficient (Wildman–Crippen LogP) is 5.37. The Hall–Kier alpha value is -2.84. The summed E-state index contributed by atoms with van der Waals surface area (Å²) in [5.74, 6) is -0.303. The van der Waals surface area contributed by atoms with Gasteiger partial charge in [0.2, 0.25) is 0 Å². The highest BCUT2D eigenvalue weighted by Crippen LogP contribution is 2.36. The Kier molecular flexibility index (Phi) is 7.19. The van der Waals surface area contributed by atoms with E-state index in [1.54, 1.807) is 12.4 Å². The highest BCUT2D eigenvalue weighted by molar-refractivity contribution is 7.99. The van der Waals surface area contributed by atoms with Crippen LogP contribution in [0.4, 0.5) is 0 Å². The molecule has 0 aliphatic heterocycles. The number of carboxylic acids is 1. The van der Waals surface area contributed by atoms with E-state index in [1.807, 2.05) is 56.3 Å². The molecule has 3 aromatic rings. The van der Waals surface area contributed by atoms with Crippen LogP contribution in [0.3, 0.4) is 0 Å². The van der Waals surface area contributed by atoms with Crippen LogP contribution in [0.25, 0.3) is 21.9 Å². The van der Waals surface area contributed by atoms with Gasteiger partial charge in [0.15, 0.2) is 0 Å². The second-order valence-corrected chi connectivity index (χ2v) is 6.32. The Morgan fingerprint density at radius 1 is 1.12 bits per heavy atom. The molecular formula is C21H20N2O2S. The lowest BCUT2D eigenvalue weighted by Gasteiger charge is -2.12. The van der Waals surface area contributed by atoms with Crippen molar-refractivity contribution in [3.63, 3.8) is 0 Å². The molecule has 1 heterocycles. The van der Waals surface area contributed by atoms with Gasteiger partial charge in [0, 0.05) is 34.0 Å². The fourth-order valence-electron chi connectivity index (χ4n) is 2.59. The lowest BCUT2D eigenvalue weighted by molar-refractivity contribution is -0.136.